The molecule has 1 aromatic rings. The highest BCUT2D eigenvalue weighted by Gasteiger charge is 2.30. The van der Waals surface area contributed by atoms with Crippen molar-refractivity contribution in [2.75, 3.05) is 30.8 Å². The molecule has 0 spiro atoms. The predicted octanol–water partition coefficient (Wildman–Crippen LogP) is 3.77. The van der Waals surface area contributed by atoms with Gasteiger partial charge in [-0.2, -0.15) is 0 Å². The number of nitrogens with one attached hydrogen (secondary N) is 1. The molecule has 2 nitrogen and oxygen atoms in total. The summed E-state index contributed by atoms with van der Waals surface area (Å²) in [5, 5.41) is 3.77. The molecule has 19 heavy (non-hydrogen) atoms. The average Bonchev–Trinajstić information content (AvgIpc) is 2.70. The Kier molecular flexibility index (Phi) is 5.17. The maximum Gasteiger partial charge on any atom is 0.0367 e. The minimum absolute atomic E-state index is 0.286. The topological polar surface area (TPSA) is 15.3 Å². The summed E-state index contributed by atoms with van der Waals surface area (Å²) in [5.41, 5.74) is 1.65. The van der Waals surface area contributed by atoms with Crippen LogP contribution in [0.3, 0.4) is 0 Å². The van der Waals surface area contributed by atoms with Gasteiger partial charge in [0, 0.05) is 29.2 Å². The first kappa shape index (κ1) is 14.7. The number of hydrogen-bond acceptors (Lipinski definition) is 3. The SMILES string of the molecule is CCC1(CC)CN(c2ccc(SC)cc2)CCCN1. The molecule has 1 aliphatic heterocycles. The zero-order valence-electron chi connectivity index (χ0n) is 12.4. The van der Waals surface area contributed by atoms with Gasteiger partial charge in [-0.3, -0.25) is 0 Å². The van der Waals surface area contributed by atoms with Crippen LogP contribution in [0.2, 0.25) is 0 Å². The third kappa shape index (κ3) is 3.46. The standard InChI is InChI=1S/C16H26N2S/c1-4-16(5-2)13-18(12-6-11-17-16)14-7-9-15(19-3)10-8-14/h7-10,17H,4-6,11-13H2,1-3H3. The highest BCUT2D eigenvalue weighted by atomic mass is 32.2. The second-order valence-corrected chi connectivity index (χ2v) is 6.27. The molecule has 0 saturated carbocycles. The molecule has 106 valence electrons. The van der Waals surface area contributed by atoms with Crippen LogP contribution in [0, 0.1) is 0 Å². The lowest BCUT2D eigenvalue weighted by molar-refractivity contribution is 0.321. The normalized spacial score (nSPS) is 19.2. The van der Waals surface area contributed by atoms with Crippen LogP contribution in [0.1, 0.15) is 33.1 Å². The van der Waals surface area contributed by atoms with Gasteiger partial charge in [0.25, 0.3) is 0 Å². The van der Waals surface area contributed by atoms with Crippen molar-refractivity contribution in [3.05, 3.63) is 24.3 Å². The van der Waals surface area contributed by atoms with Crippen molar-refractivity contribution in [2.24, 2.45) is 0 Å². The van der Waals surface area contributed by atoms with Gasteiger partial charge >= 0.3 is 0 Å². The van der Waals surface area contributed by atoms with Crippen molar-refractivity contribution in [3.63, 3.8) is 0 Å². The van der Waals surface area contributed by atoms with Gasteiger partial charge in [0.05, 0.1) is 0 Å². The van der Waals surface area contributed by atoms with E-state index in [-0.39, 0.29) is 5.54 Å². The summed E-state index contributed by atoms with van der Waals surface area (Å²) in [6, 6.07) is 9.01. The molecule has 1 aliphatic rings. The van der Waals surface area contributed by atoms with E-state index in [1.54, 1.807) is 11.8 Å². The highest BCUT2D eigenvalue weighted by molar-refractivity contribution is 7.98. The second kappa shape index (κ2) is 6.67. The van der Waals surface area contributed by atoms with E-state index in [2.05, 4.69) is 54.6 Å². The third-order valence-electron chi connectivity index (χ3n) is 4.39. The van der Waals surface area contributed by atoms with E-state index in [0.717, 1.165) is 19.6 Å². The zero-order chi connectivity index (χ0) is 13.7. The smallest absolute Gasteiger partial charge is 0.0367 e. The first-order valence-electron chi connectivity index (χ1n) is 7.37. The van der Waals surface area contributed by atoms with Crippen LogP contribution in [0.15, 0.2) is 29.2 Å². The molecule has 3 heteroatoms. The van der Waals surface area contributed by atoms with E-state index in [1.807, 2.05) is 0 Å². The first-order valence-corrected chi connectivity index (χ1v) is 8.59. The number of anilines is 1. The van der Waals surface area contributed by atoms with Gasteiger partial charge < -0.3 is 10.2 Å². The molecular weight excluding hydrogens is 252 g/mol. The summed E-state index contributed by atoms with van der Waals surface area (Å²) in [4.78, 5) is 3.89. The first-order chi connectivity index (χ1) is 9.23. The Morgan fingerprint density at radius 3 is 2.47 bits per heavy atom. The van der Waals surface area contributed by atoms with Crippen molar-refractivity contribution in [1.29, 1.82) is 0 Å². The Bertz CT molecular complexity index is 384. The summed E-state index contributed by atoms with van der Waals surface area (Å²) in [6.07, 6.45) is 5.75. The van der Waals surface area contributed by atoms with E-state index >= 15 is 0 Å². The minimum atomic E-state index is 0.286. The number of hydrogen-bond donors (Lipinski definition) is 1. The molecular formula is C16H26N2S. The van der Waals surface area contributed by atoms with Gasteiger partial charge in [0.15, 0.2) is 0 Å². The van der Waals surface area contributed by atoms with Gasteiger partial charge in [-0.05, 0) is 56.3 Å². The summed E-state index contributed by atoms with van der Waals surface area (Å²) in [5.74, 6) is 0. The molecule has 1 fully saturated rings. The molecule has 0 bridgehead atoms. The van der Waals surface area contributed by atoms with E-state index in [4.69, 9.17) is 0 Å². The number of thioether (sulfide) groups is 1. The molecule has 0 amide bonds. The van der Waals surface area contributed by atoms with Crippen molar-refractivity contribution in [3.8, 4) is 0 Å². The average molecular weight is 278 g/mol. The largest absolute Gasteiger partial charge is 0.370 e. The Balaban J connectivity index is 2.17. The quantitative estimate of drug-likeness (QED) is 0.844. The van der Waals surface area contributed by atoms with Crippen LogP contribution in [0.25, 0.3) is 0 Å². The Morgan fingerprint density at radius 2 is 1.89 bits per heavy atom. The van der Waals surface area contributed by atoms with E-state index in [1.165, 1.54) is 29.8 Å². The van der Waals surface area contributed by atoms with Gasteiger partial charge in [0.2, 0.25) is 0 Å². The van der Waals surface area contributed by atoms with Crippen LogP contribution in [-0.4, -0.2) is 31.4 Å². The van der Waals surface area contributed by atoms with E-state index in [9.17, 15) is 0 Å². The molecule has 0 unspecified atom stereocenters. The van der Waals surface area contributed by atoms with Gasteiger partial charge in [-0.1, -0.05) is 13.8 Å². The molecule has 1 heterocycles. The van der Waals surface area contributed by atoms with Crippen LogP contribution in [0.5, 0.6) is 0 Å². The maximum atomic E-state index is 3.77. The van der Waals surface area contributed by atoms with Crippen molar-refractivity contribution < 1.29 is 0 Å². The van der Waals surface area contributed by atoms with Crippen LogP contribution in [0.4, 0.5) is 5.69 Å². The van der Waals surface area contributed by atoms with E-state index in [0.29, 0.717) is 0 Å². The fraction of sp³-hybridized carbons (Fsp3) is 0.625. The highest BCUT2D eigenvalue weighted by Crippen LogP contribution is 2.26. The Hall–Kier alpha value is -0.670. The summed E-state index contributed by atoms with van der Waals surface area (Å²) < 4.78 is 0. The number of nitrogens with zero attached hydrogens (tertiary/aromatic N) is 1. The van der Waals surface area contributed by atoms with Crippen molar-refractivity contribution >= 4 is 17.4 Å². The molecule has 1 aromatic carbocycles. The lowest BCUT2D eigenvalue weighted by Gasteiger charge is -2.36. The molecule has 1 N–H and O–H groups in total. The molecule has 2 rings (SSSR count). The fourth-order valence-corrected chi connectivity index (χ4v) is 3.27. The Labute approximate surface area is 122 Å². The van der Waals surface area contributed by atoms with Gasteiger partial charge in [-0.25, -0.2) is 0 Å². The molecule has 0 aliphatic carbocycles. The summed E-state index contributed by atoms with van der Waals surface area (Å²) >= 11 is 1.81. The number of benzene rings is 1. The third-order valence-corrected chi connectivity index (χ3v) is 5.13. The molecule has 0 radical (unpaired) electrons. The van der Waals surface area contributed by atoms with Crippen LogP contribution < -0.4 is 10.2 Å². The van der Waals surface area contributed by atoms with Crippen molar-refractivity contribution in [2.45, 2.75) is 43.5 Å². The van der Waals surface area contributed by atoms with Crippen molar-refractivity contribution in [1.82, 2.24) is 5.32 Å². The van der Waals surface area contributed by atoms with E-state index < -0.39 is 0 Å². The predicted molar refractivity (Wildman–Crippen MR) is 86.4 cm³/mol. The maximum absolute atomic E-state index is 3.77. The lowest BCUT2D eigenvalue weighted by Crippen LogP contribution is -2.50. The molecule has 0 aromatic heterocycles. The lowest BCUT2D eigenvalue weighted by atomic mass is 9.92. The summed E-state index contributed by atoms with van der Waals surface area (Å²) in [7, 11) is 0. The fourth-order valence-electron chi connectivity index (χ4n) is 2.86. The zero-order valence-corrected chi connectivity index (χ0v) is 13.2. The Morgan fingerprint density at radius 1 is 1.21 bits per heavy atom. The second-order valence-electron chi connectivity index (χ2n) is 5.39. The van der Waals surface area contributed by atoms with Gasteiger partial charge in [-0.15, -0.1) is 11.8 Å². The molecule has 0 atom stereocenters. The number of rotatable bonds is 4. The van der Waals surface area contributed by atoms with Crippen LogP contribution in [-0.2, 0) is 0 Å². The van der Waals surface area contributed by atoms with Crippen LogP contribution >= 0.6 is 11.8 Å². The minimum Gasteiger partial charge on any atom is -0.370 e. The monoisotopic (exact) mass is 278 g/mol. The molecule has 1 saturated heterocycles. The summed E-state index contributed by atoms with van der Waals surface area (Å²) in [6.45, 7) is 8.03. The van der Waals surface area contributed by atoms with Gasteiger partial charge in [0.1, 0.15) is 0 Å².